The van der Waals surface area contributed by atoms with Crippen LogP contribution < -0.4 is 5.32 Å². The highest BCUT2D eigenvalue weighted by Crippen LogP contribution is 2.37. The number of hydrogen-bond donors (Lipinski definition) is 1. The summed E-state index contributed by atoms with van der Waals surface area (Å²) in [6, 6.07) is 0.827. The molecule has 114 valence electrons. The maximum absolute atomic E-state index is 5.79. The average Bonchev–Trinajstić information content (AvgIpc) is 3.27. The zero-order chi connectivity index (χ0) is 13.4. The molecular formula is C17H30N2O. The van der Waals surface area contributed by atoms with Crippen molar-refractivity contribution in [2.45, 2.75) is 51.0 Å². The van der Waals surface area contributed by atoms with Crippen molar-refractivity contribution in [1.82, 2.24) is 10.2 Å². The topological polar surface area (TPSA) is 24.5 Å². The highest BCUT2D eigenvalue weighted by molar-refractivity contribution is 4.94. The minimum Gasteiger partial charge on any atom is -0.381 e. The Bertz CT molecular complexity index is 314. The lowest BCUT2D eigenvalue weighted by Gasteiger charge is -2.35. The first kappa shape index (κ1) is 13.5. The highest BCUT2D eigenvalue weighted by atomic mass is 16.5. The van der Waals surface area contributed by atoms with E-state index in [1.807, 2.05) is 0 Å². The number of nitrogens with zero attached hydrogens (tertiary/aromatic N) is 1. The molecule has 1 heterocycles. The average molecular weight is 278 g/mol. The highest BCUT2D eigenvalue weighted by Gasteiger charge is 2.40. The van der Waals surface area contributed by atoms with Crippen molar-refractivity contribution in [1.29, 1.82) is 0 Å². The Morgan fingerprint density at radius 3 is 2.20 bits per heavy atom. The maximum atomic E-state index is 5.79. The van der Waals surface area contributed by atoms with Crippen LogP contribution in [0.25, 0.3) is 0 Å². The lowest BCUT2D eigenvalue weighted by molar-refractivity contribution is 0.103. The maximum Gasteiger partial charge on any atom is 0.0547 e. The van der Waals surface area contributed by atoms with Crippen LogP contribution in [0.4, 0.5) is 0 Å². The molecule has 3 saturated carbocycles. The van der Waals surface area contributed by atoms with Crippen LogP contribution in [-0.2, 0) is 4.74 Å². The van der Waals surface area contributed by atoms with Gasteiger partial charge in [-0.1, -0.05) is 0 Å². The van der Waals surface area contributed by atoms with Crippen molar-refractivity contribution >= 4 is 0 Å². The molecule has 0 aromatic carbocycles. The standard InChI is InChI=1S/C17H30N2O/c1-2-14(1)9-19(10-15-3-4-15)12-17(7-8-20-13-17)11-18-16-5-6-16/h14-16,18H,1-13H2. The Labute approximate surface area is 123 Å². The van der Waals surface area contributed by atoms with Gasteiger partial charge in [0.05, 0.1) is 6.61 Å². The molecule has 3 heteroatoms. The van der Waals surface area contributed by atoms with Gasteiger partial charge in [0.25, 0.3) is 0 Å². The van der Waals surface area contributed by atoms with Gasteiger partial charge in [0.1, 0.15) is 0 Å². The van der Waals surface area contributed by atoms with Gasteiger partial charge in [-0.05, 0) is 56.8 Å². The van der Waals surface area contributed by atoms with E-state index in [-0.39, 0.29) is 0 Å². The van der Waals surface area contributed by atoms with Crippen LogP contribution in [0.1, 0.15) is 44.9 Å². The first-order chi connectivity index (χ1) is 9.81. The van der Waals surface area contributed by atoms with Crippen LogP contribution in [0, 0.1) is 17.3 Å². The third-order valence-electron chi connectivity index (χ3n) is 5.51. The smallest absolute Gasteiger partial charge is 0.0547 e. The van der Waals surface area contributed by atoms with Gasteiger partial charge in [0.15, 0.2) is 0 Å². The molecule has 0 aromatic rings. The Hall–Kier alpha value is -0.120. The number of ether oxygens (including phenoxy) is 1. The fourth-order valence-electron chi connectivity index (χ4n) is 3.63. The van der Waals surface area contributed by atoms with E-state index < -0.39 is 0 Å². The normalized spacial score (nSPS) is 34.0. The number of hydrogen-bond acceptors (Lipinski definition) is 3. The summed E-state index contributed by atoms with van der Waals surface area (Å²) in [7, 11) is 0. The second-order valence-corrected chi connectivity index (χ2v) is 8.04. The SMILES string of the molecule is C1CC(CNC2CC2)(CN(CC2CC2)CC2CC2)CO1. The van der Waals surface area contributed by atoms with Gasteiger partial charge >= 0.3 is 0 Å². The molecule has 4 fully saturated rings. The summed E-state index contributed by atoms with van der Waals surface area (Å²) in [5, 5.41) is 3.78. The van der Waals surface area contributed by atoms with Gasteiger partial charge in [-0.25, -0.2) is 0 Å². The second-order valence-electron chi connectivity index (χ2n) is 8.04. The summed E-state index contributed by atoms with van der Waals surface area (Å²) in [6.45, 7) is 7.15. The van der Waals surface area contributed by atoms with Gasteiger partial charge in [0, 0.05) is 44.2 Å². The molecular weight excluding hydrogens is 248 g/mol. The van der Waals surface area contributed by atoms with Crippen molar-refractivity contribution in [2.75, 3.05) is 39.4 Å². The van der Waals surface area contributed by atoms with Gasteiger partial charge in [-0.3, -0.25) is 0 Å². The van der Waals surface area contributed by atoms with E-state index in [1.54, 1.807) is 0 Å². The molecule has 0 radical (unpaired) electrons. The van der Waals surface area contributed by atoms with Crippen molar-refractivity contribution < 1.29 is 4.74 Å². The summed E-state index contributed by atoms with van der Waals surface area (Å²) < 4.78 is 5.79. The van der Waals surface area contributed by atoms with Crippen LogP contribution in [-0.4, -0.2) is 50.3 Å². The van der Waals surface area contributed by atoms with E-state index in [4.69, 9.17) is 4.74 Å². The first-order valence-corrected chi connectivity index (χ1v) is 8.85. The molecule has 4 aliphatic rings. The molecule has 20 heavy (non-hydrogen) atoms. The van der Waals surface area contributed by atoms with Crippen LogP contribution >= 0.6 is 0 Å². The van der Waals surface area contributed by atoms with Gasteiger partial charge < -0.3 is 15.0 Å². The lowest BCUT2D eigenvalue weighted by atomic mass is 9.86. The summed E-state index contributed by atoms with van der Waals surface area (Å²) in [4.78, 5) is 2.80. The molecule has 4 rings (SSSR count). The lowest BCUT2D eigenvalue weighted by Crippen LogP contribution is -2.46. The van der Waals surface area contributed by atoms with E-state index in [0.717, 1.165) is 31.1 Å². The van der Waals surface area contributed by atoms with Gasteiger partial charge in [0.2, 0.25) is 0 Å². The van der Waals surface area contributed by atoms with Crippen LogP contribution in [0.3, 0.4) is 0 Å². The van der Waals surface area contributed by atoms with Crippen LogP contribution in [0.2, 0.25) is 0 Å². The summed E-state index contributed by atoms with van der Waals surface area (Å²) >= 11 is 0. The van der Waals surface area contributed by atoms with Crippen molar-refractivity contribution in [3.05, 3.63) is 0 Å². The molecule has 0 aromatic heterocycles. The summed E-state index contributed by atoms with van der Waals surface area (Å²) in [5.74, 6) is 2.04. The van der Waals surface area contributed by atoms with E-state index in [9.17, 15) is 0 Å². The molecule has 3 nitrogen and oxygen atoms in total. The minimum absolute atomic E-state index is 0.409. The van der Waals surface area contributed by atoms with Gasteiger partial charge in [-0.2, -0.15) is 0 Å². The molecule has 1 unspecified atom stereocenters. The van der Waals surface area contributed by atoms with E-state index in [1.165, 1.54) is 71.1 Å². The van der Waals surface area contributed by atoms with E-state index >= 15 is 0 Å². The van der Waals surface area contributed by atoms with Crippen molar-refractivity contribution in [3.63, 3.8) is 0 Å². The first-order valence-electron chi connectivity index (χ1n) is 8.85. The predicted octanol–water partition coefficient (Wildman–Crippen LogP) is 2.27. The van der Waals surface area contributed by atoms with Crippen LogP contribution in [0.15, 0.2) is 0 Å². The molecule has 3 aliphatic carbocycles. The third kappa shape index (κ3) is 3.75. The number of nitrogens with one attached hydrogen (secondary N) is 1. The minimum atomic E-state index is 0.409. The third-order valence-corrected chi connectivity index (χ3v) is 5.51. The van der Waals surface area contributed by atoms with Crippen LogP contribution in [0.5, 0.6) is 0 Å². The molecule has 0 bridgehead atoms. The second kappa shape index (κ2) is 5.58. The quantitative estimate of drug-likeness (QED) is 0.700. The molecule has 0 spiro atoms. The van der Waals surface area contributed by atoms with Crippen molar-refractivity contribution in [2.24, 2.45) is 17.3 Å². The fraction of sp³-hybridized carbons (Fsp3) is 1.00. The number of rotatable bonds is 9. The van der Waals surface area contributed by atoms with Crippen molar-refractivity contribution in [3.8, 4) is 0 Å². The summed E-state index contributed by atoms with van der Waals surface area (Å²) in [5.41, 5.74) is 0.409. The molecule has 1 atom stereocenters. The molecule has 1 N–H and O–H groups in total. The van der Waals surface area contributed by atoms with E-state index in [2.05, 4.69) is 10.2 Å². The Morgan fingerprint density at radius 2 is 1.70 bits per heavy atom. The summed E-state index contributed by atoms with van der Waals surface area (Å²) in [6.07, 6.45) is 9.96. The fourth-order valence-corrected chi connectivity index (χ4v) is 3.63. The largest absolute Gasteiger partial charge is 0.381 e. The molecule has 0 amide bonds. The zero-order valence-electron chi connectivity index (χ0n) is 12.8. The molecule has 1 saturated heterocycles. The Morgan fingerprint density at radius 1 is 1.00 bits per heavy atom. The van der Waals surface area contributed by atoms with E-state index in [0.29, 0.717) is 5.41 Å². The Kier molecular flexibility index (Phi) is 3.78. The predicted molar refractivity (Wildman–Crippen MR) is 80.8 cm³/mol. The molecule has 1 aliphatic heterocycles. The zero-order valence-corrected chi connectivity index (χ0v) is 12.8. The monoisotopic (exact) mass is 278 g/mol. The van der Waals surface area contributed by atoms with Gasteiger partial charge in [-0.15, -0.1) is 0 Å². The Balaban J connectivity index is 1.35.